The molecule has 2 N–H and O–H groups in total. The lowest BCUT2D eigenvalue weighted by molar-refractivity contribution is 0.203. The van der Waals surface area contributed by atoms with Crippen molar-refractivity contribution in [3.8, 4) is 0 Å². The lowest BCUT2D eigenvalue weighted by Gasteiger charge is -2.31. The summed E-state index contributed by atoms with van der Waals surface area (Å²) in [5, 5.41) is 0. The molecule has 0 saturated carbocycles. The van der Waals surface area contributed by atoms with Gasteiger partial charge >= 0.3 is 0 Å². The van der Waals surface area contributed by atoms with Crippen LogP contribution >= 0.6 is 0 Å². The Morgan fingerprint density at radius 2 is 2.00 bits per heavy atom. The Balaban J connectivity index is 3.14. The van der Waals surface area contributed by atoms with Crippen LogP contribution < -0.4 is 10.6 Å². The number of anilines is 1. The van der Waals surface area contributed by atoms with Crippen LogP contribution in [0.25, 0.3) is 0 Å². The third-order valence-corrected chi connectivity index (χ3v) is 2.95. The minimum absolute atomic E-state index is 0.245. The molecule has 3 nitrogen and oxygen atoms in total. The molecule has 18 heavy (non-hydrogen) atoms. The lowest BCUT2D eigenvalue weighted by atomic mass is 10.0. The van der Waals surface area contributed by atoms with E-state index in [1.807, 2.05) is 6.07 Å². The normalized spacial score (nSPS) is 12.8. The van der Waals surface area contributed by atoms with Crippen LogP contribution in [0.5, 0.6) is 0 Å². The Labute approximate surface area is 109 Å². The molecule has 1 atom stereocenters. The fourth-order valence-electron chi connectivity index (χ4n) is 2.07. The first-order valence-electron chi connectivity index (χ1n) is 6.28. The molecule has 0 radical (unpaired) electrons. The number of hydrogen-bond acceptors (Lipinski definition) is 3. The summed E-state index contributed by atoms with van der Waals surface area (Å²) in [5.74, 6) is -0.245. The van der Waals surface area contributed by atoms with Crippen molar-refractivity contribution in [2.24, 2.45) is 5.73 Å². The fourth-order valence-corrected chi connectivity index (χ4v) is 2.07. The van der Waals surface area contributed by atoms with Gasteiger partial charge in [0.05, 0.1) is 6.61 Å². The summed E-state index contributed by atoms with van der Waals surface area (Å²) in [7, 11) is 1.66. The molecule has 0 spiro atoms. The molecule has 0 fully saturated rings. The molecule has 0 aliphatic rings. The molecule has 1 aromatic carbocycles. The third-order valence-electron chi connectivity index (χ3n) is 2.95. The Morgan fingerprint density at radius 1 is 1.33 bits per heavy atom. The van der Waals surface area contributed by atoms with E-state index in [0.717, 1.165) is 12.2 Å². The average Bonchev–Trinajstić information content (AvgIpc) is 2.28. The third kappa shape index (κ3) is 3.43. The number of rotatable bonds is 6. The molecule has 102 valence electrons. The van der Waals surface area contributed by atoms with E-state index >= 15 is 0 Å². The molecule has 1 unspecified atom stereocenters. The van der Waals surface area contributed by atoms with Crippen LogP contribution in [0.15, 0.2) is 18.2 Å². The van der Waals surface area contributed by atoms with Gasteiger partial charge in [0.2, 0.25) is 0 Å². The molecule has 1 aromatic rings. The highest BCUT2D eigenvalue weighted by atomic mass is 19.1. The topological polar surface area (TPSA) is 38.5 Å². The maximum Gasteiger partial charge on any atom is 0.130 e. The lowest BCUT2D eigenvalue weighted by Crippen LogP contribution is -2.35. The van der Waals surface area contributed by atoms with E-state index in [1.165, 1.54) is 6.07 Å². The summed E-state index contributed by atoms with van der Waals surface area (Å²) < 4.78 is 19.0. The minimum atomic E-state index is -0.329. The van der Waals surface area contributed by atoms with Crippen molar-refractivity contribution in [3.63, 3.8) is 0 Å². The number of benzene rings is 1. The van der Waals surface area contributed by atoms with E-state index in [2.05, 4.69) is 18.7 Å². The summed E-state index contributed by atoms with van der Waals surface area (Å²) in [5.41, 5.74) is 7.31. The van der Waals surface area contributed by atoms with Crippen LogP contribution in [0.4, 0.5) is 10.1 Å². The molecule has 0 saturated heterocycles. The van der Waals surface area contributed by atoms with Gasteiger partial charge in [-0.1, -0.05) is 6.07 Å². The Bertz CT molecular complexity index is 380. The van der Waals surface area contributed by atoms with E-state index in [-0.39, 0.29) is 17.9 Å². The van der Waals surface area contributed by atoms with Crippen molar-refractivity contribution in [3.05, 3.63) is 29.6 Å². The van der Waals surface area contributed by atoms with Gasteiger partial charge in [-0.15, -0.1) is 0 Å². The molecule has 0 bridgehead atoms. The van der Waals surface area contributed by atoms with Gasteiger partial charge in [-0.3, -0.25) is 0 Å². The molecule has 1 rings (SSSR count). The standard InChI is InChI=1S/C14H23FN2O/c1-10(2)17(8-9-18-4)13-7-5-6-12(15)14(13)11(3)16/h5-7,10-11H,8-9,16H2,1-4H3. The van der Waals surface area contributed by atoms with Crippen molar-refractivity contribution in [2.75, 3.05) is 25.2 Å². The first-order chi connectivity index (χ1) is 8.49. The smallest absolute Gasteiger partial charge is 0.130 e. The number of nitrogens with two attached hydrogens (primary N) is 1. The summed E-state index contributed by atoms with van der Waals surface area (Å²) in [6.45, 7) is 7.28. The maximum absolute atomic E-state index is 13.9. The SMILES string of the molecule is COCCN(c1cccc(F)c1C(C)N)C(C)C. The summed E-state index contributed by atoms with van der Waals surface area (Å²) in [6.07, 6.45) is 0. The molecule has 0 amide bonds. The highest BCUT2D eigenvalue weighted by molar-refractivity contribution is 5.56. The van der Waals surface area contributed by atoms with Crippen molar-refractivity contribution >= 4 is 5.69 Å². The van der Waals surface area contributed by atoms with Gasteiger partial charge in [0.15, 0.2) is 0 Å². The zero-order valence-electron chi connectivity index (χ0n) is 11.6. The van der Waals surface area contributed by atoms with E-state index in [1.54, 1.807) is 20.1 Å². The van der Waals surface area contributed by atoms with Crippen molar-refractivity contribution < 1.29 is 9.13 Å². The number of nitrogens with zero attached hydrogens (tertiary/aromatic N) is 1. The Hall–Kier alpha value is -1.13. The average molecular weight is 254 g/mol. The van der Waals surface area contributed by atoms with Crippen molar-refractivity contribution in [1.29, 1.82) is 0 Å². The van der Waals surface area contributed by atoms with Gasteiger partial charge in [-0.05, 0) is 32.9 Å². The zero-order chi connectivity index (χ0) is 13.7. The predicted octanol–water partition coefficient (Wildman–Crippen LogP) is 2.71. The first-order valence-corrected chi connectivity index (χ1v) is 6.28. The van der Waals surface area contributed by atoms with Gasteiger partial charge in [0.25, 0.3) is 0 Å². The van der Waals surface area contributed by atoms with Crippen LogP contribution in [0, 0.1) is 5.82 Å². The maximum atomic E-state index is 13.9. The highest BCUT2D eigenvalue weighted by Crippen LogP contribution is 2.29. The van der Waals surface area contributed by atoms with Crippen LogP contribution in [-0.2, 0) is 4.74 Å². The second-order valence-electron chi connectivity index (χ2n) is 4.74. The van der Waals surface area contributed by atoms with Crippen LogP contribution in [0.2, 0.25) is 0 Å². The second kappa shape index (κ2) is 6.71. The largest absolute Gasteiger partial charge is 0.383 e. The number of ether oxygens (including phenoxy) is 1. The highest BCUT2D eigenvalue weighted by Gasteiger charge is 2.19. The Kier molecular flexibility index (Phi) is 5.56. The second-order valence-corrected chi connectivity index (χ2v) is 4.74. The molecular weight excluding hydrogens is 231 g/mol. The van der Waals surface area contributed by atoms with Gasteiger partial charge in [0.1, 0.15) is 5.82 Å². The van der Waals surface area contributed by atoms with E-state index in [0.29, 0.717) is 12.2 Å². The van der Waals surface area contributed by atoms with Crippen molar-refractivity contribution in [1.82, 2.24) is 0 Å². The van der Waals surface area contributed by atoms with E-state index in [4.69, 9.17) is 10.5 Å². The van der Waals surface area contributed by atoms with Gasteiger partial charge in [-0.2, -0.15) is 0 Å². The molecule has 0 aliphatic heterocycles. The van der Waals surface area contributed by atoms with Gasteiger partial charge in [0, 0.05) is 37.0 Å². The predicted molar refractivity (Wildman–Crippen MR) is 73.4 cm³/mol. The first kappa shape index (κ1) is 14.9. The van der Waals surface area contributed by atoms with E-state index < -0.39 is 0 Å². The minimum Gasteiger partial charge on any atom is -0.383 e. The Morgan fingerprint density at radius 3 is 2.50 bits per heavy atom. The fraction of sp³-hybridized carbons (Fsp3) is 0.571. The number of methoxy groups -OCH3 is 1. The van der Waals surface area contributed by atoms with Crippen LogP contribution in [0.3, 0.4) is 0 Å². The van der Waals surface area contributed by atoms with E-state index in [9.17, 15) is 4.39 Å². The number of halogens is 1. The monoisotopic (exact) mass is 254 g/mol. The molecule has 4 heteroatoms. The molecule has 0 heterocycles. The van der Waals surface area contributed by atoms with Crippen molar-refractivity contribution in [2.45, 2.75) is 32.9 Å². The summed E-state index contributed by atoms with van der Waals surface area (Å²) in [6, 6.07) is 5.03. The number of hydrogen-bond donors (Lipinski definition) is 1. The zero-order valence-corrected chi connectivity index (χ0v) is 11.6. The molecule has 0 aromatic heterocycles. The van der Waals surface area contributed by atoms with Gasteiger partial charge < -0.3 is 15.4 Å². The van der Waals surface area contributed by atoms with Crippen LogP contribution in [-0.4, -0.2) is 26.3 Å². The molecular formula is C14H23FN2O. The summed E-state index contributed by atoms with van der Waals surface area (Å²) >= 11 is 0. The van der Waals surface area contributed by atoms with Gasteiger partial charge in [-0.25, -0.2) is 4.39 Å². The summed E-state index contributed by atoms with van der Waals surface area (Å²) in [4.78, 5) is 2.12. The van der Waals surface area contributed by atoms with Crippen LogP contribution in [0.1, 0.15) is 32.4 Å². The molecule has 0 aliphatic carbocycles. The quantitative estimate of drug-likeness (QED) is 0.848.